The molecule has 0 fully saturated rings. The Morgan fingerprint density at radius 1 is 0.700 bits per heavy atom. The van der Waals surface area contributed by atoms with E-state index in [1.54, 1.807) is 12.1 Å². The van der Waals surface area contributed by atoms with Gasteiger partial charge in [-0.2, -0.15) is 0 Å². The lowest BCUT2D eigenvalue weighted by Crippen LogP contribution is -2.08. The van der Waals surface area contributed by atoms with Gasteiger partial charge in [0.05, 0.1) is 17.7 Å². The minimum Gasteiger partial charge on any atom is -0.478 e. The molecule has 0 aromatic heterocycles. The Balaban J connectivity index is 1.87. The van der Waals surface area contributed by atoms with Crippen molar-refractivity contribution in [3.05, 3.63) is 35.4 Å². The van der Waals surface area contributed by atoms with E-state index in [1.807, 2.05) is 0 Å². The maximum Gasteiger partial charge on any atom is 0.338 e. The molecule has 0 aliphatic rings. The first-order chi connectivity index (χ1) is 14.6. The summed E-state index contributed by atoms with van der Waals surface area (Å²) in [6.07, 6.45) is 21.0. The molecule has 0 atom stereocenters. The largest absolute Gasteiger partial charge is 0.478 e. The van der Waals surface area contributed by atoms with Gasteiger partial charge in [0.1, 0.15) is 0 Å². The highest BCUT2D eigenvalue weighted by atomic mass is 16.5. The lowest BCUT2D eigenvalue weighted by Gasteiger charge is -2.06. The summed E-state index contributed by atoms with van der Waals surface area (Å²) in [6.45, 7) is 2.67. The van der Waals surface area contributed by atoms with Gasteiger partial charge in [-0.1, -0.05) is 109 Å². The van der Waals surface area contributed by atoms with Gasteiger partial charge in [-0.05, 0) is 24.6 Å². The second-order valence-corrected chi connectivity index (χ2v) is 8.33. The number of hydrogen-bond acceptors (Lipinski definition) is 3. The molecule has 0 heterocycles. The minimum absolute atomic E-state index is 0.104. The van der Waals surface area contributed by atoms with Crippen LogP contribution in [0, 0.1) is 0 Å². The number of aromatic carboxylic acids is 1. The number of hydrogen-bond donors (Lipinski definition) is 1. The van der Waals surface area contributed by atoms with E-state index in [1.165, 1.54) is 102 Å². The fourth-order valence-electron chi connectivity index (χ4n) is 3.68. The normalized spacial score (nSPS) is 10.8. The Kier molecular flexibility index (Phi) is 15.7. The molecule has 1 aromatic carbocycles. The van der Waals surface area contributed by atoms with Crippen LogP contribution in [0.5, 0.6) is 0 Å². The fraction of sp³-hybridized carbons (Fsp3) is 0.692. The summed E-state index contributed by atoms with van der Waals surface area (Å²) in [6, 6.07) is 5.98. The smallest absolute Gasteiger partial charge is 0.338 e. The van der Waals surface area contributed by atoms with Crippen LogP contribution in [0.3, 0.4) is 0 Å². The first-order valence-corrected chi connectivity index (χ1v) is 12.2. The number of carbonyl (C=O) groups excluding carboxylic acids is 1. The maximum absolute atomic E-state index is 12.0. The zero-order valence-electron chi connectivity index (χ0n) is 19.0. The van der Waals surface area contributed by atoms with Gasteiger partial charge in [-0.15, -0.1) is 0 Å². The molecule has 0 spiro atoms. The van der Waals surface area contributed by atoms with Crippen molar-refractivity contribution in [3.8, 4) is 0 Å². The van der Waals surface area contributed by atoms with Crippen LogP contribution in [0.1, 0.15) is 130 Å². The zero-order valence-corrected chi connectivity index (χ0v) is 19.0. The van der Waals surface area contributed by atoms with Crippen molar-refractivity contribution in [1.29, 1.82) is 0 Å². The molecule has 0 amide bonds. The number of carbonyl (C=O) groups is 2. The second kappa shape index (κ2) is 18.0. The molecule has 0 aliphatic carbocycles. The third kappa shape index (κ3) is 13.4. The van der Waals surface area contributed by atoms with E-state index in [2.05, 4.69) is 6.92 Å². The molecule has 0 bridgehead atoms. The lowest BCUT2D eigenvalue weighted by molar-refractivity contribution is 0.0497. The summed E-state index contributed by atoms with van der Waals surface area (Å²) in [5.74, 6) is -1.48. The van der Waals surface area contributed by atoms with E-state index in [4.69, 9.17) is 9.84 Å². The van der Waals surface area contributed by atoms with Crippen LogP contribution < -0.4 is 0 Å². The number of esters is 1. The van der Waals surface area contributed by atoms with Crippen molar-refractivity contribution in [1.82, 2.24) is 0 Å². The zero-order chi connectivity index (χ0) is 21.9. The molecule has 30 heavy (non-hydrogen) atoms. The van der Waals surface area contributed by atoms with E-state index in [0.29, 0.717) is 12.2 Å². The predicted molar refractivity (Wildman–Crippen MR) is 123 cm³/mol. The molecule has 1 aromatic rings. The molecule has 4 heteroatoms. The van der Waals surface area contributed by atoms with Crippen molar-refractivity contribution < 1.29 is 19.4 Å². The molecule has 4 nitrogen and oxygen atoms in total. The van der Waals surface area contributed by atoms with Crippen molar-refractivity contribution in [2.24, 2.45) is 0 Å². The van der Waals surface area contributed by atoms with Gasteiger partial charge in [0.15, 0.2) is 0 Å². The summed E-state index contributed by atoms with van der Waals surface area (Å²) >= 11 is 0. The predicted octanol–water partition coefficient (Wildman–Crippen LogP) is 7.80. The minimum atomic E-state index is -1.04. The highest BCUT2D eigenvalue weighted by molar-refractivity contribution is 5.94. The summed E-state index contributed by atoms with van der Waals surface area (Å²) in [4.78, 5) is 22.9. The number of carboxylic acids is 1. The van der Waals surface area contributed by atoms with Crippen LogP contribution in [0.4, 0.5) is 0 Å². The van der Waals surface area contributed by atoms with Gasteiger partial charge in [-0.3, -0.25) is 0 Å². The summed E-state index contributed by atoms with van der Waals surface area (Å²) in [5, 5.41) is 8.97. The quantitative estimate of drug-likeness (QED) is 0.184. The first-order valence-electron chi connectivity index (χ1n) is 12.2. The molecule has 0 saturated carbocycles. The number of unbranched alkanes of at least 4 members (excludes halogenated alkanes) is 15. The van der Waals surface area contributed by atoms with Crippen molar-refractivity contribution in [2.45, 2.75) is 110 Å². The average molecular weight is 419 g/mol. The molecule has 170 valence electrons. The molecule has 1 N–H and O–H groups in total. The van der Waals surface area contributed by atoms with E-state index >= 15 is 0 Å². The van der Waals surface area contributed by atoms with Gasteiger partial charge in [0.25, 0.3) is 0 Å². The van der Waals surface area contributed by atoms with Crippen LogP contribution >= 0.6 is 0 Å². The second-order valence-electron chi connectivity index (χ2n) is 8.33. The van der Waals surface area contributed by atoms with Gasteiger partial charge in [-0.25, -0.2) is 9.59 Å². The van der Waals surface area contributed by atoms with Gasteiger partial charge in [0.2, 0.25) is 0 Å². The molecule has 0 saturated heterocycles. The number of ether oxygens (including phenoxy) is 1. The Labute approximate surface area is 183 Å². The maximum atomic E-state index is 12.0. The van der Waals surface area contributed by atoms with E-state index in [0.717, 1.165) is 12.8 Å². The Bertz CT molecular complexity index is 582. The fourth-order valence-corrected chi connectivity index (χ4v) is 3.68. The highest BCUT2D eigenvalue weighted by Gasteiger charge is 2.10. The van der Waals surface area contributed by atoms with Crippen LogP contribution in [0.15, 0.2) is 24.3 Å². The third-order valence-corrected chi connectivity index (χ3v) is 5.58. The molecule has 0 unspecified atom stereocenters. The monoisotopic (exact) mass is 418 g/mol. The summed E-state index contributed by atoms with van der Waals surface area (Å²) in [5.41, 5.74) is 0.401. The van der Waals surface area contributed by atoms with Gasteiger partial charge >= 0.3 is 11.9 Å². The topological polar surface area (TPSA) is 63.6 Å². The van der Waals surface area contributed by atoms with Crippen molar-refractivity contribution in [3.63, 3.8) is 0 Å². The van der Waals surface area contributed by atoms with Crippen molar-refractivity contribution >= 4 is 11.9 Å². The SMILES string of the molecule is CCCCCCCCCCCCCCCCCCOC(=O)c1cccc(C(=O)O)c1. The van der Waals surface area contributed by atoms with Crippen LogP contribution in [0.2, 0.25) is 0 Å². The van der Waals surface area contributed by atoms with E-state index in [-0.39, 0.29) is 5.56 Å². The van der Waals surface area contributed by atoms with Crippen LogP contribution in [-0.4, -0.2) is 23.7 Å². The molecule has 0 aliphatic heterocycles. The lowest BCUT2D eigenvalue weighted by atomic mass is 10.0. The first kappa shape index (κ1) is 26.2. The summed E-state index contributed by atoms with van der Waals surface area (Å²) < 4.78 is 5.25. The number of rotatable bonds is 19. The average Bonchev–Trinajstić information content (AvgIpc) is 2.75. The Morgan fingerprint density at radius 3 is 1.60 bits per heavy atom. The molecular weight excluding hydrogens is 376 g/mol. The molecule has 0 radical (unpaired) electrons. The third-order valence-electron chi connectivity index (χ3n) is 5.58. The van der Waals surface area contributed by atoms with Crippen molar-refractivity contribution in [2.75, 3.05) is 6.61 Å². The van der Waals surface area contributed by atoms with E-state index < -0.39 is 11.9 Å². The van der Waals surface area contributed by atoms with Gasteiger partial charge < -0.3 is 9.84 Å². The van der Waals surface area contributed by atoms with Crippen LogP contribution in [-0.2, 0) is 4.74 Å². The summed E-state index contributed by atoms with van der Waals surface area (Å²) in [7, 11) is 0. The van der Waals surface area contributed by atoms with Gasteiger partial charge in [0, 0.05) is 0 Å². The molecule has 1 rings (SSSR count). The standard InChI is InChI=1S/C26H42O4/c1-2-3-4-5-6-7-8-9-10-11-12-13-14-15-16-17-21-30-26(29)24-20-18-19-23(22-24)25(27)28/h18-20,22H,2-17,21H2,1H3,(H,27,28). The highest BCUT2D eigenvalue weighted by Crippen LogP contribution is 2.14. The number of carboxylic acid groups (broad SMARTS) is 1. The number of benzene rings is 1. The molecular formula is C26H42O4. The van der Waals surface area contributed by atoms with E-state index in [9.17, 15) is 9.59 Å². The van der Waals surface area contributed by atoms with Crippen LogP contribution in [0.25, 0.3) is 0 Å². The Hall–Kier alpha value is -1.84. The Morgan fingerprint density at radius 2 is 1.13 bits per heavy atom.